The maximum atomic E-state index is 11.9. The first-order valence-corrected chi connectivity index (χ1v) is 6.72. The lowest BCUT2D eigenvalue weighted by atomic mass is 10.3. The van der Waals surface area contributed by atoms with Gasteiger partial charge in [-0.2, -0.15) is 0 Å². The van der Waals surface area contributed by atoms with Gasteiger partial charge in [0.2, 0.25) is 5.91 Å². The molecular weight excluding hydrogens is 272 g/mol. The van der Waals surface area contributed by atoms with E-state index in [1.165, 1.54) is 4.90 Å². The lowest BCUT2D eigenvalue weighted by Crippen LogP contribution is -2.42. The molecule has 0 radical (unpaired) electrons. The summed E-state index contributed by atoms with van der Waals surface area (Å²) in [6, 6.07) is 6.99. The van der Waals surface area contributed by atoms with Gasteiger partial charge in [-0.15, -0.1) is 0 Å². The molecule has 0 saturated heterocycles. The second kappa shape index (κ2) is 8.14. The lowest BCUT2D eigenvalue weighted by molar-refractivity contribution is -0.136. The highest BCUT2D eigenvalue weighted by atomic mass is 16.5. The molecule has 0 unspecified atom stereocenters. The van der Waals surface area contributed by atoms with E-state index in [0.717, 1.165) is 5.75 Å². The first-order valence-electron chi connectivity index (χ1n) is 6.72. The van der Waals surface area contributed by atoms with E-state index >= 15 is 0 Å². The minimum atomic E-state index is -0.260. The normalized spacial score (nSPS) is 10.1. The van der Waals surface area contributed by atoms with Crippen LogP contribution in [0.4, 0.5) is 0 Å². The van der Waals surface area contributed by atoms with Crippen molar-refractivity contribution in [3.05, 3.63) is 24.3 Å². The van der Waals surface area contributed by atoms with Crippen LogP contribution in [0.5, 0.6) is 11.5 Å². The summed E-state index contributed by atoms with van der Waals surface area (Å²) in [6.07, 6.45) is 0. The molecule has 0 saturated carbocycles. The number of ether oxygens (including phenoxy) is 2. The lowest BCUT2D eigenvalue weighted by Gasteiger charge is -2.18. The van der Waals surface area contributed by atoms with Crippen LogP contribution in [0, 0.1) is 0 Å². The van der Waals surface area contributed by atoms with Crippen molar-refractivity contribution in [3.8, 4) is 11.5 Å². The van der Waals surface area contributed by atoms with E-state index in [-0.39, 0.29) is 31.0 Å². The number of likely N-dealkylation sites (N-methyl/N-ethyl adjacent to an activating group) is 1. The van der Waals surface area contributed by atoms with Crippen molar-refractivity contribution in [2.45, 2.75) is 19.9 Å². The third kappa shape index (κ3) is 6.16. The SMILES string of the molecule is COc1ccc(OCC(=O)N(C)CC(=O)NC(C)C)cc1. The Morgan fingerprint density at radius 3 is 2.29 bits per heavy atom. The number of rotatable bonds is 7. The second-order valence-electron chi connectivity index (χ2n) is 4.94. The molecule has 0 atom stereocenters. The van der Waals surface area contributed by atoms with Crippen LogP contribution in [0.25, 0.3) is 0 Å². The number of hydrogen-bond donors (Lipinski definition) is 1. The predicted molar refractivity (Wildman–Crippen MR) is 79.4 cm³/mol. The Morgan fingerprint density at radius 1 is 1.19 bits per heavy atom. The molecule has 0 spiro atoms. The zero-order chi connectivity index (χ0) is 15.8. The van der Waals surface area contributed by atoms with Crippen molar-refractivity contribution in [1.29, 1.82) is 0 Å². The fraction of sp³-hybridized carbons (Fsp3) is 0.467. The summed E-state index contributed by atoms with van der Waals surface area (Å²) < 4.78 is 10.4. The number of carbonyl (C=O) groups excluding carboxylic acids is 2. The molecule has 6 nitrogen and oxygen atoms in total. The van der Waals surface area contributed by atoms with Gasteiger partial charge >= 0.3 is 0 Å². The molecule has 0 aliphatic heterocycles. The van der Waals surface area contributed by atoms with Crippen molar-refractivity contribution in [2.75, 3.05) is 27.3 Å². The maximum Gasteiger partial charge on any atom is 0.260 e. The van der Waals surface area contributed by atoms with Crippen LogP contribution in [0.1, 0.15) is 13.8 Å². The zero-order valence-electron chi connectivity index (χ0n) is 12.9. The zero-order valence-corrected chi connectivity index (χ0v) is 12.9. The van der Waals surface area contributed by atoms with Crippen LogP contribution in [0.15, 0.2) is 24.3 Å². The van der Waals surface area contributed by atoms with Gasteiger partial charge in [-0.25, -0.2) is 0 Å². The van der Waals surface area contributed by atoms with Crippen molar-refractivity contribution >= 4 is 11.8 Å². The molecule has 1 aromatic carbocycles. The molecule has 6 heteroatoms. The molecule has 116 valence electrons. The number of nitrogens with one attached hydrogen (secondary N) is 1. The molecule has 1 aromatic rings. The fourth-order valence-electron chi connectivity index (χ4n) is 1.60. The summed E-state index contributed by atoms with van der Waals surface area (Å²) in [5.41, 5.74) is 0. The molecule has 0 aromatic heterocycles. The van der Waals surface area contributed by atoms with Gasteiger partial charge in [0.15, 0.2) is 6.61 Å². The van der Waals surface area contributed by atoms with Crippen molar-refractivity contribution in [1.82, 2.24) is 10.2 Å². The van der Waals surface area contributed by atoms with Crippen molar-refractivity contribution in [2.24, 2.45) is 0 Å². The van der Waals surface area contributed by atoms with Crippen LogP contribution in [-0.2, 0) is 9.59 Å². The summed E-state index contributed by atoms with van der Waals surface area (Å²) in [5, 5.41) is 2.73. The fourth-order valence-corrected chi connectivity index (χ4v) is 1.60. The summed E-state index contributed by atoms with van der Waals surface area (Å²) in [4.78, 5) is 24.7. The first-order chi connectivity index (χ1) is 9.92. The molecule has 0 aliphatic rings. The average Bonchev–Trinajstić information content (AvgIpc) is 2.44. The second-order valence-corrected chi connectivity index (χ2v) is 4.94. The van der Waals surface area contributed by atoms with Crippen LogP contribution >= 0.6 is 0 Å². The summed E-state index contributed by atoms with van der Waals surface area (Å²) in [5.74, 6) is 0.843. The average molecular weight is 294 g/mol. The van der Waals surface area contributed by atoms with Gasteiger partial charge in [-0.1, -0.05) is 0 Å². The monoisotopic (exact) mass is 294 g/mol. The molecule has 1 N–H and O–H groups in total. The van der Waals surface area contributed by atoms with Crippen LogP contribution in [0.3, 0.4) is 0 Å². The van der Waals surface area contributed by atoms with E-state index in [9.17, 15) is 9.59 Å². The predicted octanol–water partition coefficient (Wildman–Crippen LogP) is 1.06. The van der Waals surface area contributed by atoms with Gasteiger partial charge in [-0.3, -0.25) is 9.59 Å². The van der Waals surface area contributed by atoms with E-state index in [0.29, 0.717) is 5.75 Å². The number of amides is 2. The Morgan fingerprint density at radius 2 is 1.76 bits per heavy atom. The highest BCUT2D eigenvalue weighted by Crippen LogP contribution is 2.16. The highest BCUT2D eigenvalue weighted by Gasteiger charge is 2.14. The Hall–Kier alpha value is -2.24. The Labute approximate surface area is 125 Å². The van der Waals surface area contributed by atoms with E-state index in [4.69, 9.17) is 9.47 Å². The molecule has 0 heterocycles. The third-order valence-corrected chi connectivity index (χ3v) is 2.68. The third-order valence-electron chi connectivity index (χ3n) is 2.68. The van der Waals surface area contributed by atoms with Gasteiger partial charge in [0.1, 0.15) is 11.5 Å². The number of methoxy groups -OCH3 is 1. The Balaban J connectivity index is 2.39. The molecule has 1 rings (SSSR count). The van der Waals surface area contributed by atoms with Crippen LogP contribution in [-0.4, -0.2) is 50.1 Å². The van der Waals surface area contributed by atoms with Gasteiger partial charge in [-0.05, 0) is 38.1 Å². The number of hydrogen-bond acceptors (Lipinski definition) is 4. The van der Waals surface area contributed by atoms with Crippen LogP contribution < -0.4 is 14.8 Å². The molecule has 21 heavy (non-hydrogen) atoms. The smallest absolute Gasteiger partial charge is 0.260 e. The van der Waals surface area contributed by atoms with Crippen molar-refractivity contribution < 1.29 is 19.1 Å². The number of carbonyl (C=O) groups is 2. The summed E-state index contributed by atoms with van der Waals surface area (Å²) in [6.45, 7) is 3.64. The Bertz CT molecular complexity index is 471. The van der Waals surface area contributed by atoms with Gasteiger partial charge in [0, 0.05) is 13.1 Å². The largest absolute Gasteiger partial charge is 0.497 e. The van der Waals surface area contributed by atoms with E-state index in [2.05, 4.69) is 5.32 Å². The molecular formula is C15H22N2O4. The number of benzene rings is 1. The minimum Gasteiger partial charge on any atom is -0.497 e. The number of nitrogens with zero attached hydrogens (tertiary/aromatic N) is 1. The molecule has 2 amide bonds. The summed E-state index contributed by atoms with van der Waals surface area (Å²) >= 11 is 0. The van der Waals surface area contributed by atoms with Gasteiger partial charge < -0.3 is 19.7 Å². The molecule has 0 aliphatic carbocycles. The first kappa shape index (κ1) is 16.8. The van der Waals surface area contributed by atoms with Gasteiger partial charge in [0.25, 0.3) is 5.91 Å². The van der Waals surface area contributed by atoms with E-state index in [1.807, 2.05) is 13.8 Å². The highest BCUT2D eigenvalue weighted by molar-refractivity contribution is 5.85. The Kier molecular flexibility index (Phi) is 6.52. The minimum absolute atomic E-state index is 0.0169. The maximum absolute atomic E-state index is 11.9. The van der Waals surface area contributed by atoms with Gasteiger partial charge in [0.05, 0.1) is 13.7 Å². The molecule has 0 fully saturated rings. The van der Waals surface area contributed by atoms with E-state index in [1.54, 1.807) is 38.4 Å². The topological polar surface area (TPSA) is 67.9 Å². The summed E-state index contributed by atoms with van der Waals surface area (Å²) in [7, 11) is 3.15. The van der Waals surface area contributed by atoms with Crippen LogP contribution in [0.2, 0.25) is 0 Å². The standard InChI is InChI=1S/C15H22N2O4/c1-11(2)16-14(18)9-17(3)15(19)10-21-13-7-5-12(20-4)6-8-13/h5-8,11H,9-10H2,1-4H3,(H,16,18). The molecule has 0 bridgehead atoms. The van der Waals surface area contributed by atoms with E-state index < -0.39 is 0 Å². The van der Waals surface area contributed by atoms with Crippen molar-refractivity contribution in [3.63, 3.8) is 0 Å². The quantitative estimate of drug-likeness (QED) is 0.816.